The molecule has 4 nitrogen and oxygen atoms in total. The first-order chi connectivity index (χ1) is 21.3. The summed E-state index contributed by atoms with van der Waals surface area (Å²) < 4.78 is 5.48. The second-order valence-electron chi connectivity index (χ2n) is 12.3. The van der Waals surface area contributed by atoms with E-state index < -0.39 is 5.41 Å². The Hall–Kier alpha value is -3.92. The number of rotatable bonds is 14. The molecule has 4 rings (SSSR count). The van der Waals surface area contributed by atoms with Crippen molar-refractivity contribution >= 4 is 28.5 Å². The van der Waals surface area contributed by atoms with Crippen LogP contribution < -0.4 is 4.90 Å². The van der Waals surface area contributed by atoms with Crippen molar-refractivity contribution in [2.45, 2.75) is 73.6 Å². The molecule has 0 saturated heterocycles. The Bertz CT molecular complexity index is 1470. The van der Waals surface area contributed by atoms with E-state index in [1.165, 1.54) is 44.7 Å². The Kier molecular flexibility index (Phi) is 11.8. The lowest BCUT2D eigenvalue weighted by atomic mass is 9.83. The summed E-state index contributed by atoms with van der Waals surface area (Å²) in [6, 6.07) is 26.5. The predicted molar refractivity (Wildman–Crippen MR) is 188 cm³/mol. The van der Waals surface area contributed by atoms with Gasteiger partial charge in [-0.3, -0.25) is 9.79 Å². The SMILES string of the molecule is CCN(CC)c1ccc(C(=C2C=CC(=NCCCCCCOC(=O)C(C)(C)CC)c3ccccc32)c2ccc(C)cc2)cc1. The summed E-state index contributed by atoms with van der Waals surface area (Å²) in [7, 11) is 0. The largest absolute Gasteiger partial charge is 0.465 e. The number of hydrogen-bond donors (Lipinski definition) is 0. The van der Waals surface area contributed by atoms with Crippen molar-refractivity contribution in [3.05, 3.63) is 113 Å². The van der Waals surface area contributed by atoms with Gasteiger partial charge >= 0.3 is 5.97 Å². The molecule has 0 heterocycles. The van der Waals surface area contributed by atoms with Crippen molar-refractivity contribution in [2.75, 3.05) is 31.1 Å². The zero-order valence-electron chi connectivity index (χ0n) is 27.7. The van der Waals surface area contributed by atoms with E-state index in [-0.39, 0.29) is 5.97 Å². The molecular formula is C40H50N2O2. The minimum Gasteiger partial charge on any atom is -0.465 e. The number of esters is 1. The second-order valence-corrected chi connectivity index (χ2v) is 12.3. The molecule has 4 heteroatoms. The van der Waals surface area contributed by atoms with E-state index in [9.17, 15) is 4.79 Å². The van der Waals surface area contributed by atoms with Gasteiger partial charge in [0, 0.05) is 30.9 Å². The van der Waals surface area contributed by atoms with Gasteiger partial charge in [0.15, 0.2) is 0 Å². The highest BCUT2D eigenvalue weighted by Gasteiger charge is 2.26. The van der Waals surface area contributed by atoms with Gasteiger partial charge in [0.1, 0.15) is 0 Å². The van der Waals surface area contributed by atoms with Gasteiger partial charge in [-0.1, -0.05) is 85.6 Å². The number of benzene rings is 3. The minimum absolute atomic E-state index is 0.0928. The van der Waals surface area contributed by atoms with Crippen LogP contribution in [-0.2, 0) is 9.53 Å². The van der Waals surface area contributed by atoms with E-state index in [2.05, 4.69) is 111 Å². The van der Waals surface area contributed by atoms with Crippen LogP contribution in [-0.4, -0.2) is 37.9 Å². The third-order valence-corrected chi connectivity index (χ3v) is 8.80. The van der Waals surface area contributed by atoms with Crippen LogP contribution in [0.5, 0.6) is 0 Å². The summed E-state index contributed by atoms with van der Waals surface area (Å²) in [5.74, 6) is -0.0928. The molecule has 0 atom stereocenters. The first-order valence-corrected chi connectivity index (χ1v) is 16.4. The summed E-state index contributed by atoms with van der Waals surface area (Å²) in [6.45, 7) is 15.7. The molecule has 0 saturated carbocycles. The summed E-state index contributed by atoms with van der Waals surface area (Å²) in [5, 5.41) is 0. The number of hydrogen-bond acceptors (Lipinski definition) is 4. The van der Waals surface area contributed by atoms with Gasteiger partial charge in [0.2, 0.25) is 0 Å². The normalized spacial score (nSPS) is 14.8. The van der Waals surface area contributed by atoms with Crippen molar-refractivity contribution in [3.63, 3.8) is 0 Å². The molecule has 0 aromatic heterocycles. The Balaban J connectivity index is 1.52. The van der Waals surface area contributed by atoms with E-state index in [1.807, 2.05) is 20.8 Å². The molecule has 232 valence electrons. The lowest BCUT2D eigenvalue weighted by Crippen LogP contribution is -2.26. The minimum atomic E-state index is -0.397. The number of allylic oxidation sites excluding steroid dienone is 3. The highest BCUT2D eigenvalue weighted by atomic mass is 16.5. The number of aryl methyl sites for hydroxylation is 1. The van der Waals surface area contributed by atoms with Gasteiger partial charge < -0.3 is 9.64 Å². The maximum absolute atomic E-state index is 12.2. The lowest BCUT2D eigenvalue weighted by molar-refractivity contribution is -0.154. The fourth-order valence-corrected chi connectivity index (χ4v) is 5.54. The van der Waals surface area contributed by atoms with Crippen LogP contribution in [0.2, 0.25) is 0 Å². The molecule has 0 N–H and O–H groups in total. The third-order valence-electron chi connectivity index (χ3n) is 8.80. The van der Waals surface area contributed by atoms with Crippen LogP contribution in [0.4, 0.5) is 5.69 Å². The van der Waals surface area contributed by atoms with Gasteiger partial charge in [-0.25, -0.2) is 0 Å². The summed E-state index contributed by atoms with van der Waals surface area (Å²) in [4.78, 5) is 19.6. The van der Waals surface area contributed by atoms with Gasteiger partial charge in [0.25, 0.3) is 0 Å². The van der Waals surface area contributed by atoms with E-state index >= 15 is 0 Å². The van der Waals surface area contributed by atoms with Gasteiger partial charge in [-0.2, -0.15) is 0 Å². The molecule has 1 aliphatic rings. The first kappa shape index (κ1) is 33.0. The Morgan fingerprint density at radius 2 is 1.39 bits per heavy atom. The predicted octanol–water partition coefficient (Wildman–Crippen LogP) is 9.70. The molecule has 0 radical (unpaired) electrons. The van der Waals surface area contributed by atoms with Crippen LogP contribution in [0, 0.1) is 12.3 Å². The zero-order chi connectivity index (χ0) is 31.5. The molecule has 1 aliphatic carbocycles. The number of anilines is 1. The first-order valence-electron chi connectivity index (χ1n) is 16.4. The number of unbranched alkanes of at least 4 members (excludes halogenated alkanes) is 3. The van der Waals surface area contributed by atoms with Crippen molar-refractivity contribution in [2.24, 2.45) is 10.4 Å². The average molecular weight is 591 g/mol. The summed E-state index contributed by atoms with van der Waals surface area (Å²) in [6.07, 6.45) is 9.25. The number of carbonyl (C=O) groups excluding carboxylic acids is 1. The van der Waals surface area contributed by atoms with Crippen LogP contribution in [0.1, 0.15) is 94.5 Å². The number of carbonyl (C=O) groups is 1. The van der Waals surface area contributed by atoms with Gasteiger partial charge in [0.05, 0.1) is 17.7 Å². The number of aliphatic imine (C=N–C) groups is 1. The fourth-order valence-electron chi connectivity index (χ4n) is 5.54. The summed E-state index contributed by atoms with van der Waals surface area (Å²) >= 11 is 0. The molecular weight excluding hydrogens is 540 g/mol. The van der Waals surface area contributed by atoms with Crippen molar-refractivity contribution < 1.29 is 9.53 Å². The molecule has 0 aliphatic heterocycles. The smallest absolute Gasteiger partial charge is 0.311 e. The van der Waals surface area contributed by atoms with Crippen molar-refractivity contribution in [1.82, 2.24) is 0 Å². The standard InChI is InChI=1S/C40H50N2O2/c1-7-40(5,6)39(43)44-29-15-11-10-14-28-41-37-27-26-36(34-16-12-13-17-35(34)37)38(31-20-18-30(4)19-21-31)32-22-24-33(25-23-32)42(8-2)9-3/h12-13,16-27H,7-11,14-15,28-29H2,1-6H3. The van der Waals surface area contributed by atoms with Crippen molar-refractivity contribution in [3.8, 4) is 0 Å². The topological polar surface area (TPSA) is 41.9 Å². The van der Waals surface area contributed by atoms with Gasteiger partial charge in [-0.15, -0.1) is 0 Å². The Labute approximate surface area is 265 Å². The van der Waals surface area contributed by atoms with E-state index in [0.29, 0.717) is 6.61 Å². The Morgan fingerprint density at radius 1 is 0.773 bits per heavy atom. The monoisotopic (exact) mass is 590 g/mol. The summed E-state index contributed by atoms with van der Waals surface area (Å²) in [5.41, 5.74) is 10.4. The highest BCUT2D eigenvalue weighted by Crippen LogP contribution is 2.37. The van der Waals surface area contributed by atoms with Crippen LogP contribution in [0.15, 0.2) is 89.9 Å². The number of ether oxygens (including phenoxy) is 1. The zero-order valence-corrected chi connectivity index (χ0v) is 27.7. The van der Waals surface area contributed by atoms with E-state index in [1.54, 1.807) is 0 Å². The van der Waals surface area contributed by atoms with Crippen LogP contribution in [0.25, 0.3) is 11.1 Å². The van der Waals surface area contributed by atoms with E-state index in [0.717, 1.165) is 57.5 Å². The van der Waals surface area contributed by atoms with E-state index in [4.69, 9.17) is 9.73 Å². The Morgan fingerprint density at radius 3 is 2.02 bits per heavy atom. The highest BCUT2D eigenvalue weighted by molar-refractivity contribution is 6.19. The molecule has 0 unspecified atom stereocenters. The molecule has 0 spiro atoms. The quantitative estimate of drug-likeness (QED) is 0.139. The van der Waals surface area contributed by atoms with Crippen LogP contribution >= 0.6 is 0 Å². The molecule has 44 heavy (non-hydrogen) atoms. The lowest BCUT2D eigenvalue weighted by Gasteiger charge is -2.23. The van der Waals surface area contributed by atoms with Gasteiger partial charge in [-0.05, 0) is 106 Å². The third kappa shape index (κ3) is 8.16. The molecule has 3 aromatic carbocycles. The number of fused-ring (bicyclic) bond motifs is 1. The average Bonchev–Trinajstić information content (AvgIpc) is 3.05. The fraction of sp³-hybridized carbons (Fsp3) is 0.400. The molecule has 0 fully saturated rings. The molecule has 0 amide bonds. The molecule has 0 bridgehead atoms. The second kappa shape index (κ2) is 15.7. The maximum Gasteiger partial charge on any atom is 0.311 e. The number of nitrogens with zero attached hydrogens (tertiary/aromatic N) is 2. The maximum atomic E-state index is 12.2. The van der Waals surface area contributed by atoms with Crippen LogP contribution in [0.3, 0.4) is 0 Å². The van der Waals surface area contributed by atoms with Crippen molar-refractivity contribution in [1.29, 1.82) is 0 Å². The molecule has 3 aromatic rings.